The lowest BCUT2D eigenvalue weighted by Crippen LogP contribution is -2.09. The molecule has 0 spiro atoms. The van der Waals surface area contributed by atoms with Crippen molar-refractivity contribution in [3.63, 3.8) is 0 Å². The van der Waals surface area contributed by atoms with E-state index in [1.807, 2.05) is 6.07 Å². The van der Waals surface area contributed by atoms with E-state index in [0.717, 1.165) is 11.1 Å². The summed E-state index contributed by atoms with van der Waals surface area (Å²) >= 11 is 3.27. The number of ether oxygens (including phenoxy) is 1. The normalized spacial score (nSPS) is 9.62. The number of hydrogen-bond acceptors (Lipinski definition) is 4. The Morgan fingerprint density at radius 1 is 1.56 bits per heavy atom. The summed E-state index contributed by atoms with van der Waals surface area (Å²) in [7, 11) is 1.33. The van der Waals surface area contributed by atoms with Gasteiger partial charge in [0.25, 0.3) is 0 Å². The van der Waals surface area contributed by atoms with Crippen LogP contribution in [0.2, 0.25) is 0 Å². The summed E-state index contributed by atoms with van der Waals surface area (Å²) in [5.41, 5.74) is 7.62. The third-order valence-electron chi connectivity index (χ3n) is 2.19. The SMILES string of the molecule is COC(=O)Cc1cc(C#N)c(Br)cc1CN. The van der Waals surface area contributed by atoms with E-state index in [4.69, 9.17) is 11.0 Å². The Morgan fingerprint density at radius 2 is 2.25 bits per heavy atom. The molecule has 16 heavy (non-hydrogen) atoms. The summed E-state index contributed by atoms with van der Waals surface area (Å²) in [6.07, 6.45) is 0.130. The lowest BCUT2D eigenvalue weighted by molar-refractivity contribution is -0.139. The molecule has 0 aromatic heterocycles. The number of benzene rings is 1. The molecule has 0 aliphatic heterocycles. The Bertz CT molecular complexity index is 452. The largest absolute Gasteiger partial charge is 0.469 e. The average molecular weight is 283 g/mol. The Balaban J connectivity index is 3.15. The van der Waals surface area contributed by atoms with Gasteiger partial charge in [0, 0.05) is 11.0 Å². The van der Waals surface area contributed by atoms with Crippen LogP contribution in [0, 0.1) is 11.3 Å². The minimum Gasteiger partial charge on any atom is -0.469 e. The van der Waals surface area contributed by atoms with Crippen molar-refractivity contribution < 1.29 is 9.53 Å². The first kappa shape index (κ1) is 12.7. The van der Waals surface area contributed by atoms with Gasteiger partial charge in [0.05, 0.1) is 19.1 Å². The van der Waals surface area contributed by atoms with Gasteiger partial charge in [-0.25, -0.2) is 0 Å². The predicted octanol–water partition coefficient (Wildman–Crippen LogP) is 1.49. The highest BCUT2D eigenvalue weighted by Gasteiger charge is 2.11. The number of carbonyl (C=O) groups excluding carboxylic acids is 1. The summed E-state index contributed by atoms with van der Waals surface area (Å²) in [6.45, 7) is 0.316. The maximum Gasteiger partial charge on any atom is 0.309 e. The van der Waals surface area contributed by atoms with E-state index in [1.165, 1.54) is 7.11 Å². The topological polar surface area (TPSA) is 76.1 Å². The zero-order valence-electron chi connectivity index (χ0n) is 8.79. The van der Waals surface area contributed by atoms with Crippen molar-refractivity contribution in [2.24, 2.45) is 5.73 Å². The van der Waals surface area contributed by atoms with Crippen molar-refractivity contribution in [1.29, 1.82) is 5.26 Å². The Hall–Kier alpha value is -1.38. The second kappa shape index (κ2) is 5.64. The summed E-state index contributed by atoms with van der Waals surface area (Å²) in [4.78, 5) is 11.2. The quantitative estimate of drug-likeness (QED) is 0.853. The van der Waals surface area contributed by atoms with Crippen LogP contribution >= 0.6 is 15.9 Å². The van der Waals surface area contributed by atoms with Crippen LogP contribution in [0.15, 0.2) is 16.6 Å². The Morgan fingerprint density at radius 3 is 2.75 bits per heavy atom. The fourth-order valence-electron chi connectivity index (χ4n) is 1.33. The third kappa shape index (κ3) is 2.81. The molecular weight excluding hydrogens is 272 g/mol. The number of nitriles is 1. The molecule has 0 fully saturated rings. The first-order valence-corrected chi connectivity index (χ1v) is 5.40. The molecule has 0 atom stereocenters. The van der Waals surface area contributed by atoms with E-state index >= 15 is 0 Å². The van der Waals surface area contributed by atoms with Gasteiger partial charge in [0.2, 0.25) is 0 Å². The molecule has 1 rings (SSSR count). The molecule has 0 heterocycles. The molecule has 0 amide bonds. The van der Waals surface area contributed by atoms with E-state index < -0.39 is 0 Å². The lowest BCUT2D eigenvalue weighted by Gasteiger charge is -2.08. The van der Waals surface area contributed by atoms with Crippen molar-refractivity contribution in [2.75, 3.05) is 7.11 Å². The van der Waals surface area contributed by atoms with Crippen molar-refractivity contribution in [1.82, 2.24) is 0 Å². The highest BCUT2D eigenvalue weighted by atomic mass is 79.9. The van der Waals surface area contributed by atoms with Gasteiger partial charge in [-0.15, -0.1) is 0 Å². The summed E-state index contributed by atoms with van der Waals surface area (Å²) in [5, 5.41) is 8.87. The van der Waals surface area contributed by atoms with Crippen LogP contribution in [0.4, 0.5) is 0 Å². The maximum absolute atomic E-state index is 11.2. The van der Waals surface area contributed by atoms with Gasteiger partial charge in [-0.05, 0) is 39.2 Å². The van der Waals surface area contributed by atoms with Crippen LogP contribution in [0.25, 0.3) is 0 Å². The highest BCUT2D eigenvalue weighted by molar-refractivity contribution is 9.10. The zero-order valence-corrected chi connectivity index (χ0v) is 10.4. The predicted molar refractivity (Wildman–Crippen MR) is 62.5 cm³/mol. The van der Waals surface area contributed by atoms with E-state index in [9.17, 15) is 4.79 Å². The molecule has 0 radical (unpaired) electrons. The number of methoxy groups -OCH3 is 1. The summed E-state index contributed by atoms with van der Waals surface area (Å²) in [5.74, 6) is -0.346. The molecule has 0 saturated heterocycles. The lowest BCUT2D eigenvalue weighted by atomic mass is 10.0. The number of esters is 1. The molecule has 2 N–H and O–H groups in total. The monoisotopic (exact) mass is 282 g/mol. The minimum atomic E-state index is -0.346. The smallest absolute Gasteiger partial charge is 0.309 e. The Labute approximate surface area is 102 Å². The molecule has 1 aromatic rings. The molecular formula is C11H11BrN2O2. The van der Waals surface area contributed by atoms with E-state index in [-0.39, 0.29) is 12.4 Å². The van der Waals surface area contributed by atoms with Gasteiger partial charge in [0.15, 0.2) is 0 Å². The molecule has 5 heteroatoms. The van der Waals surface area contributed by atoms with Gasteiger partial charge in [0.1, 0.15) is 6.07 Å². The second-order valence-electron chi connectivity index (χ2n) is 3.17. The van der Waals surface area contributed by atoms with Crippen LogP contribution in [-0.2, 0) is 22.5 Å². The number of carbonyl (C=O) groups is 1. The van der Waals surface area contributed by atoms with Crippen molar-refractivity contribution in [3.8, 4) is 6.07 Å². The van der Waals surface area contributed by atoms with E-state index in [1.54, 1.807) is 12.1 Å². The molecule has 0 saturated carbocycles. The third-order valence-corrected chi connectivity index (χ3v) is 2.85. The van der Waals surface area contributed by atoms with E-state index in [2.05, 4.69) is 20.7 Å². The number of halogens is 1. The first-order chi connectivity index (χ1) is 7.62. The van der Waals surface area contributed by atoms with Gasteiger partial charge in [-0.3, -0.25) is 4.79 Å². The Kier molecular flexibility index (Phi) is 4.47. The molecule has 1 aromatic carbocycles. The molecule has 84 valence electrons. The second-order valence-corrected chi connectivity index (χ2v) is 4.02. The molecule has 0 bridgehead atoms. The molecule has 0 aliphatic carbocycles. The number of nitrogens with zero attached hydrogens (tertiary/aromatic N) is 1. The van der Waals surface area contributed by atoms with Crippen LogP contribution in [0.3, 0.4) is 0 Å². The first-order valence-electron chi connectivity index (χ1n) is 4.60. The minimum absolute atomic E-state index is 0.130. The van der Waals surface area contributed by atoms with Crippen LogP contribution in [0.1, 0.15) is 16.7 Å². The molecule has 0 aliphatic rings. The summed E-state index contributed by atoms with van der Waals surface area (Å²) in [6, 6.07) is 5.46. The van der Waals surface area contributed by atoms with E-state index in [0.29, 0.717) is 16.6 Å². The summed E-state index contributed by atoms with van der Waals surface area (Å²) < 4.78 is 5.27. The highest BCUT2D eigenvalue weighted by Crippen LogP contribution is 2.22. The number of nitrogens with two attached hydrogens (primary N) is 1. The fourth-order valence-corrected chi connectivity index (χ4v) is 1.81. The van der Waals surface area contributed by atoms with Crippen molar-refractivity contribution in [3.05, 3.63) is 33.3 Å². The number of rotatable bonds is 3. The maximum atomic E-state index is 11.2. The van der Waals surface area contributed by atoms with Gasteiger partial charge >= 0.3 is 5.97 Å². The fraction of sp³-hybridized carbons (Fsp3) is 0.273. The molecule has 0 unspecified atom stereocenters. The van der Waals surface area contributed by atoms with Crippen molar-refractivity contribution >= 4 is 21.9 Å². The van der Waals surface area contributed by atoms with Crippen LogP contribution in [0.5, 0.6) is 0 Å². The average Bonchev–Trinajstić information content (AvgIpc) is 2.30. The molecule has 4 nitrogen and oxygen atoms in total. The van der Waals surface area contributed by atoms with Gasteiger partial charge in [-0.2, -0.15) is 5.26 Å². The van der Waals surface area contributed by atoms with Gasteiger partial charge in [-0.1, -0.05) is 0 Å². The van der Waals surface area contributed by atoms with Gasteiger partial charge < -0.3 is 10.5 Å². The number of hydrogen-bond donors (Lipinski definition) is 1. The van der Waals surface area contributed by atoms with Crippen LogP contribution < -0.4 is 5.73 Å². The van der Waals surface area contributed by atoms with Crippen molar-refractivity contribution in [2.45, 2.75) is 13.0 Å². The zero-order chi connectivity index (χ0) is 12.1. The standard InChI is InChI=1S/C11H11BrN2O2/c1-16-11(15)4-7-2-9(6-14)10(12)3-8(7)5-13/h2-3H,4-5,13H2,1H3. The van der Waals surface area contributed by atoms with Crippen LogP contribution in [-0.4, -0.2) is 13.1 Å².